The number of Topliss-reactive ketones (excluding diaryl/α,β-unsaturated/α-hetero) is 1. The van der Waals surface area contributed by atoms with Gasteiger partial charge in [-0.2, -0.15) is 0 Å². The molecule has 2 aliphatic carbocycles. The number of carbonyl (C=O) groups is 3. The fourth-order valence-corrected chi connectivity index (χ4v) is 6.30. The molecular weight excluding hydrogens is 498 g/mol. The Morgan fingerprint density at radius 3 is 2.45 bits per heavy atom. The minimum atomic E-state index is -0.228. The van der Waals surface area contributed by atoms with E-state index in [2.05, 4.69) is 74.0 Å². The first-order valence-electron chi connectivity index (χ1n) is 16.0. The lowest BCUT2D eigenvalue weighted by Crippen LogP contribution is -2.53. The van der Waals surface area contributed by atoms with Gasteiger partial charge in [-0.1, -0.05) is 77.0 Å². The Labute approximate surface area is 244 Å². The van der Waals surface area contributed by atoms with Crippen LogP contribution in [0.1, 0.15) is 112 Å². The lowest BCUT2D eigenvalue weighted by Gasteiger charge is -2.36. The molecule has 0 saturated heterocycles. The summed E-state index contributed by atoms with van der Waals surface area (Å²) in [5, 5.41) is 10.1. The maximum absolute atomic E-state index is 13.5. The lowest BCUT2D eigenvalue weighted by atomic mass is 9.76. The molecule has 2 unspecified atom stereocenters. The summed E-state index contributed by atoms with van der Waals surface area (Å²) in [7, 11) is 0. The first-order chi connectivity index (χ1) is 19.1. The van der Waals surface area contributed by atoms with E-state index in [9.17, 15) is 14.4 Å². The van der Waals surface area contributed by atoms with Crippen molar-refractivity contribution in [3.8, 4) is 0 Å². The SMILES string of the molecule is CCN[C@H](C(=O)NC(CC1C=CCC[C@H]1CC)[C@@H](C)C[C@H](CC1=CCC=CCC1)NC(=O)CCC(C)=O)C(C)C. The first kappa shape index (κ1) is 34.0. The van der Waals surface area contributed by atoms with Crippen LogP contribution in [0.3, 0.4) is 0 Å². The van der Waals surface area contributed by atoms with Crippen LogP contribution in [-0.2, 0) is 14.4 Å². The molecule has 0 bridgehead atoms. The third-order valence-electron chi connectivity index (χ3n) is 8.71. The van der Waals surface area contributed by atoms with Gasteiger partial charge in [0, 0.05) is 24.9 Å². The highest BCUT2D eigenvalue weighted by atomic mass is 16.2. The third-order valence-corrected chi connectivity index (χ3v) is 8.71. The topological polar surface area (TPSA) is 87.3 Å². The van der Waals surface area contributed by atoms with Gasteiger partial charge in [-0.05, 0) is 88.5 Å². The molecule has 6 heteroatoms. The number of rotatable bonds is 17. The molecule has 2 amide bonds. The zero-order valence-corrected chi connectivity index (χ0v) is 26.1. The fraction of sp³-hybridized carbons (Fsp3) is 0.735. The van der Waals surface area contributed by atoms with Crippen molar-refractivity contribution in [2.24, 2.45) is 23.7 Å². The number of amides is 2. The average Bonchev–Trinajstić information content (AvgIpc) is 3.18. The molecular formula is C34H57N3O3. The van der Waals surface area contributed by atoms with Crippen LogP contribution >= 0.6 is 0 Å². The second-order valence-electron chi connectivity index (χ2n) is 12.5. The maximum Gasteiger partial charge on any atom is 0.237 e. The van der Waals surface area contributed by atoms with Crippen LogP contribution < -0.4 is 16.0 Å². The van der Waals surface area contributed by atoms with Crippen LogP contribution in [0.2, 0.25) is 0 Å². The smallest absolute Gasteiger partial charge is 0.237 e. The number of allylic oxidation sites excluding steroid dienone is 5. The highest BCUT2D eigenvalue weighted by Gasteiger charge is 2.32. The van der Waals surface area contributed by atoms with E-state index in [1.54, 1.807) is 0 Å². The first-order valence-corrected chi connectivity index (χ1v) is 16.0. The summed E-state index contributed by atoms with van der Waals surface area (Å²) >= 11 is 0. The Morgan fingerprint density at radius 1 is 1.00 bits per heavy atom. The van der Waals surface area contributed by atoms with Crippen molar-refractivity contribution < 1.29 is 14.4 Å². The number of nitrogens with one attached hydrogen (secondary N) is 3. The summed E-state index contributed by atoms with van der Waals surface area (Å²) in [6, 6.07) is -0.248. The van der Waals surface area contributed by atoms with E-state index >= 15 is 0 Å². The van der Waals surface area contributed by atoms with Gasteiger partial charge < -0.3 is 20.7 Å². The van der Waals surface area contributed by atoms with Crippen molar-refractivity contribution in [2.75, 3.05) is 6.54 Å². The number of ketones is 1. The Bertz CT molecular complexity index is 891. The van der Waals surface area contributed by atoms with Gasteiger partial charge in [0.1, 0.15) is 5.78 Å². The van der Waals surface area contributed by atoms with E-state index in [0.29, 0.717) is 11.8 Å². The molecule has 2 rings (SSSR count). The van der Waals surface area contributed by atoms with E-state index in [-0.39, 0.29) is 60.4 Å². The maximum atomic E-state index is 13.5. The summed E-state index contributed by atoms with van der Waals surface area (Å²) in [6.45, 7) is 13.0. The van der Waals surface area contributed by atoms with Gasteiger partial charge in [-0.15, -0.1) is 0 Å². The monoisotopic (exact) mass is 555 g/mol. The molecule has 0 heterocycles. The fourth-order valence-electron chi connectivity index (χ4n) is 6.30. The van der Waals surface area contributed by atoms with Crippen LogP contribution in [0.4, 0.5) is 0 Å². The van der Waals surface area contributed by atoms with Gasteiger partial charge >= 0.3 is 0 Å². The molecule has 3 N–H and O–H groups in total. The Hall–Kier alpha value is -2.21. The molecule has 40 heavy (non-hydrogen) atoms. The molecule has 0 radical (unpaired) electrons. The average molecular weight is 556 g/mol. The standard InChI is InChI=1S/C34H57N3O3/c1-7-28-17-13-14-18-29(28)23-31(37-34(40)33(24(3)4)35-8-2)25(5)21-30(36-32(39)20-19-26(6)38)22-27-15-11-9-10-12-16-27/h9-10,14-15,18,24-25,28-31,33,35H,7-8,11-13,16-17,19-23H2,1-6H3,(H,36,39)(H,37,40)/t25-,28+,29?,30+,31?,33-/m0/s1. The van der Waals surface area contributed by atoms with Crippen molar-refractivity contribution in [2.45, 2.75) is 130 Å². The normalized spacial score (nSPS) is 22.1. The van der Waals surface area contributed by atoms with Crippen LogP contribution in [0, 0.1) is 23.7 Å². The largest absolute Gasteiger partial charge is 0.353 e. The van der Waals surface area contributed by atoms with Crippen LogP contribution in [-0.4, -0.2) is 42.3 Å². The zero-order valence-electron chi connectivity index (χ0n) is 26.1. The van der Waals surface area contributed by atoms with Crippen molar-refractivity contribution in [3.63, 3.8) is 0 Å². The van der Waals surface area contributed by atoms with E-state index < -0.39 is 0 Å². The molecule has 0 saturated carbocycles. The molecule has 6 atom stereocenters. The Balaban J connectivity index is 2.25. The minimum absolute atomic E-state index is 0.00982. The summed E-state index contributed by atoms with van der Waals surface area (Å²) in [5.41, 5.74) is 1.38. The molecule has 0 aromatic heterocycles. The predicted octanol–water partition coefficient (Wildman–Crippen LogP) is 6.42. The summed E-state index contributed by atoms with van der Waals surface area (Å²) < 4.78 is 0. The van der Waals surface area contributed by atoms with Crippen molar-refractivity contribution in [3.05, 3.63) is 36.0 Å². The van der Waals surface area contributed by atoms with Crippen LogP contribution in [0.25, 0.3) is 0 Å². The van der Waals surface area contributed by atoms with E-state index in [4.69, 9.17) is 0 Å². The molecule has 0 fully saturated rings. The molecule has 0 aromatic rings. The van der Waals surface area contributed by atoms with Crippen molar-refractivity contribution >= 4 is 17.6 Å². The number of carbonyl (C=O) groups excluding carboxylic acids is 3. The molecule has 6 nitrogen and oxygen atoms in total. The summed E-state index contributed by atoms with van der Waals surface area (Å²) in [5.74, 6) is 1.49. The van der Waals surface area contributed by atoms with Gasteiger partial charge in [-0.25, -0.2) is 0 Å². The summed E-state index contributed by atoms with van der Waals surface area (Å²) in [4.78, 5) is 37.9. The molecule has 2 aliphatic rings. The molecule has 0 aliphatic heterocycles. The zero-order chi connectivity index (χ0) is 29.5. The van der Waals surface area contributed by atoms with E-state index in [1.165, 1.54) is 18.9 Å². The molecule has 0 spiro atoms. The number of hydrogen-bond donors (Lipinski definition) is 3. The van der Waals surface area contributed by atoms with Crippen LogP contribution in [0.15, 0.2) is 36.0 Å². The van der Waals surface area contributed by atoms with Crippen molar-refractivity contribution in [1.82, 2.24) is 16.0 Å². The Kier molecular flexibility index (Phi) is 15.5. The van der Waals surface area contributed by atoms with E-state index in [1.807, 2.05) is 6.92 Å². The van der Waals surface area contributed by atoms with E-state index in [0.717, 1.165) is 57.9 Å². The molecule has 226 valence electrons. The highest BCUT2D eigenvalue weighted by Crippen LogP contribution is 2.33. The second-order valence-corrected chi connectivity index (χ2v) is 12.5. The van der Waals surface area contributed by atoms with Gasteiger partial charge in [0.2, 0.25) is 11.8 Å². The van der Waals surface area contributed by atoms with Gasteiger partial charge in [0.25, 0.3) is 0 Å². The highest BCUT2D eigenvalue weighted by molar-refractivity contribution is 5.83. The van der Waals surface area contributed by atoms with Gasteiger partial charge in [-0.3, -0.25) is 9.59 Å². The third kappa shape index (κ3) is 12.1. The Morgan fingerprint density at radius 2 is 1.77 bits per heavy atom. The molecule has 0 aromatic carbocycles. The minimum Gasteiger partial charge on any atom is -0.353 e. The quantitative estimate of drug-likeness (QED) is 0.181. The predicted molar refractivity (Wildman–Crippen MR) is 166 cm³/mol. The van der Waals surface area contributed by atoms with Gasteiger partial charge in [0.15, 0.2) is 0 Å². The lowest BCUT2D eigenvalue weighted by molar-refractivity contribution is -0.126. The number of hydrogen-bond acceptors (Lipinski definition) is 4. The second kappa shape index (κ2) is 18.3. The van der Waals surface area contributed by atoms with Crippen molar-refractivity contribution in [1.29, 1.82) is 0 Å². The van der Waals surface area contributed by atoms with Gasteiger partial charge in [0.05, 0.1) is 6.04 Å². The summed E-state index contributed by atoms with van der Waals surface area (Å²) in [6.07, 6.45) is 20.9. The number of likely N-dealkylation sites (N-methyl/N-ethyl adjacent to an activating group) is 1. The van der Waals surface area contributed by atoms with Crippen LogP contribution in [0.5, 0.6) is 0 Å².